The highest BCUT2D eigenvalue weighted by molar-refractivity contribution is 5.85. The maximum Gasteiger partial charge on any atom is 0.246 e. The second kappa shape index (κ2) is 5.09. The number of aryl methyl sites for hydroxylation is 1. The van der Waals surface area contributed by atoms with E-state index < -0.39 is 0 Å². The number of fused-ring (bicyclic) bond motifs is 1. The van der Waals surface area contributed by atoms with Gasteiger partial charge in [0.05, 0.1) is 0 Å². The molecule has 1 atom stereocenters. The summed E-state index contributed by atoms with van der Waals surface area (Å²) in [5.41, 5.74) is 1.91. The summed E-state index contributed by atoms with van der Waals surface area (Å²) < 4.78 is 1.76. The van der Waals surface area contributed by atoms with E-state index in [1.807, 2.05) is 30.2 Å². The zero-order valence-electron chi connectivity index (χ0n) is 11.6. The molecule has 7 nitrogen and oxygen atoms in total. The third kappa shape index (κ3) is 2.20. The highest BCUT2D eigenvalue weighted by Crippen LogP contribution is 2.16. The third-order valence-electron chi connectivity index (χ3n) is 3.52. The molecular formula is C13H18N6O. The molecule has 2 N–H and O–H groups in total. The zero-order chi connectivity index (χ0) is 14.1. The quantitative estimate of drug-likeness (QED) is 0.777. The predicted molar refractivity (Wildman–Crippen MR) is 75.8 cm³/mol. The number of likely N-dealkylation sites (N-methyl/N-ethyl adjacent to an activating group) is 1. The summed E-state index contributed by atoms with van der Waals surface area (Å²) in [5, 5.41) is 10.4. The summed E-state index contributed by atoms with van der Waals surface area (Å²) in [4.78, 5) is 18.4. The van der Waals surface area contributed by atoms with Crippen LogP contribution in [-0.2, 0) is 4.79 Å². The van der Waals surface area contributed by atoms with Crippen LogP contribution in [0.25, 0.3) is 5.65 Å². The van der Waals surface area contributed by atoms with Crippen molar-refractivity contribution >= 4 is 17.5 Å². The summed E-state index contributed by atoms with van der Waals surface area (Å²) in [7, 11) is 1.65. The number of carbonyl (C=O) groups is 1. The number of nitrogens with zero attached hydrogens (tertiary/aromatic N) is 4. The monoisotopic (exact) mass is 274 g/mol. The van der Waals surface area contributed by atoms with E-state index in [2.05, 4.69) is 20.7 Å². The fraction of sp³-hybridized carbons (Fsp3) is 0.462. The van der Waals surface area contributed by atoms with Crippen molar-refractivity contribution in [3.05, 3.63) is 23.9 Å². The van der Waals surface area contributed by atoms with E-state index in [4.69, 9.17) is 0 Å². The topological polar surface area (TPSA) is 74.6 Å². The van der Waals surface area contributed by atoms with Crippen molar-refractivity contribution in [1.82, 2.24) is 25.2 Å². The van der Waals surface area contributed by atoms with E-state index in [-0.39, 0.29) is 11.9 Å². The molecule has 1 fully saturated rings. The van der Waals surface area contributed by atoms with Gasteiger partial charge in [-0.1, -0.05) is 6.07 Å². The van der Waals surface area contributed by atoms with Crippen molar-refractivity contribution in [2.45, 2.75) is 13.0 Å². The highest BCUT2D eigenvalue weighted by atomic mass is 16.2. The molecular weight excluding hydrogens is 256 g/mol. The van der Waals surface area contributed by atoms with Gasteiger partial charge in [0.25, 0.3) is 0 Å². The van der Waals surface area contributed by atoms with Crippen molar-refractivity contribution in [2.24, 2.45) is 0 Å². The van der Waals surface area contributed by atoms with Gasteiger partial charge in [-0.2, -0.15) is 4.98 Å². The largest absolute Gasteiger partial charge is 0.357 e. The minimum absolute atomic E-state index is 0.0211. The number of aromatic nitrogens is 3. The van der Waals surface area contributed by atoms with Gasteiger partial charge in [-0.15, -0.1) is 5.10 Å². The van der Waals surface area contributed by atoms with Crippen LogP contribution >= 0.6 is 0 Å². The van der Waals surface area contributed by atoms with Gasteiger partial charge in [0.1, 0.15) is 6.04 Å². The van der Waals surface area contributed by atoms with Gasteiger partial charge in [-0.25, -0.2) is 4.52 Å². The van der Waals surface area contributed by atoms with Crippen LogP contribution < -0.4 is 15.5 Å². The van der Waals surface area contributed by atoms with Crippen molar-refractivity contribution in [2.75, 3.05) is 31.6 Å². The SMILES string of the molecule is CNC(=O)C1CNCCN1c1nc2ccc(C)cn2n1. The minimum atomic E-state index is -0.271. The average Bonchev–Trinajstić information content (AvgIpc) is 2.89. The Bertz CT molecular complexity index is 637. The van der Waals surface area contributed by atoms with Crippen LogP contribution in [0.5, 0.6) is 0 Å². The Hall–Kier alpha value is -2.15. The molecule has 0 aromatic carbocycles. The van der Waals surface area contributed by atoms with Crippen LogP contribution in [0.1, 0.15) is 5.56 Å². The molecule has 2 aromatic heterocycles. The minimum Gasteiger partial charge on any atom is -0.357 e. The summed E-state index contributed by atoms with van der Waals surface area (Å²) in [5.74, 6) is 0.581. The fourth-order valence-electron chi connectivity index (χ4n) is 2.44. The molecule has 1 aliphatic heterocycles. The number of hydrogen-bond donors (Lipinski definition) is 2. The first-order valence-corrected chi connectivity index (χ1v) is 6.71. The fourth-order valence-corrected chi connectivity index (χ4v) is 2.44. The lowest BCUT2D eigenvalue weighted by atomic mass is 10.2. The molecule has 106 valence electrons. The van der Waals surface area contributed by atoms with Crippen molar-refractivity contribution in [1.29, 1.82) is 0 Å². The molecule has 0 aliphatic carbocycles. The number of anilines is 1. The molecule has 7 heteroatoms. The number of amides is 1. The van der Waals surface area contributed by atoms with Crippen molar-refractivity contribution < 1.29 is 4.79 Å². The molecule has 0 radical (unpaired) electrons. The number of carbonyl (C=O) groups excluding carboxylic acids is 1. The van der Waals surface area contributed by atoms with Gasteiger partial charge >= 0.3 is 0 Å². The molecule has 1 amide bonds. The van der Waals surface area contributed by atoms with Crippen LogP contribution in [0.15, 0.2) is 18.3 Å². The van der Waals surface area contributed by atoms with Gasteiger partial charge in [-0.05, 0) is 18.6 Å². The lowest BCUT2D eigenvalue weighted by molar-refractivity contribution is -0.122. The van der Waals surface area contributed by atoms with Gasteiger partial charge in [0.15, 0.2) is 5.65 Å². The van der Waals surface area contributed by atoms with E-state index in [0.29, 0.717) is 19.0 Å². The second-order valence-electron chi connectivity index (χ2n) is 4.95. The molecule has 0 spiro atoms. The summed E-state index contributed by atoms with van der Waals surface area (Å²) in [6, 6.07) is 3.66. The Labute approximate surface area is 117 Å². The van der Waals surface area contributed by atoms with Crippen LogP contribution in [0.2, 0.25) is 0 Å². The maximum absolute atomic E-state index is 12.0. The predicted octanol–water partition coefficient (Wildman–Crippen LogP) is -0.438. The first-order valence-electron chi connectivity index (χ1n) is 6.71. The molecule has 3 rings (SSSR count). The molecule has 1 unspecified atom stereocenters. The Morgan fingerprint density at radius 2 is 2.35 bits per heavy atom. The van der Waals surface area contributed by atoms with Crippen LogP contribution in [0.4, 0.5) is 5.95 Å². The van der Waals surface area contributed by atoms with Crippen LogP contribution in [-0.4, -0.2) is 53.2 Å². The molecule has 3 heterocycles. The second-order valence-corrected chi connectivity index (χ2v) is 4.95. The smallest absolute Gasteiger partial charge is 0.246 e. The Morgan fingerprint density at radius 1 is 1.50 bits per heavy atom. The van der Waals surface area contributed by atoms with Gasteiger partial charge in [0.2, 0.25) is 11.9 Å². The highest BCUT2D eigenvalue weighted by Gasteiger charge is 2.30. The summed E-state index contributed by atoms with van der Waals surface area (Å²) in [6.07, 6.45) is 1.93. The first-order chi connectivity index (χ1) is 9.69. The van der Waals surface area contributed by atoms with Gasteiger partial charge in [0, 0.05) is 32.9 Å². The molecule has 1 saturated heterocycles. The average molecular weight is 274 g/mol. The number of pyridine rings is 1. The Balaban J connectivity index is 1.97. The number of nitrogens with one attached hydrogen (secondary N) is 2. The Kier molecular flexibility index (Phi) is 3.27. The van der Waals surface area contributed by atoms with E-state index in [1.54, 1.807) is 11.6 Å². The molecule has 2 aromatic rings. The third-order valence-corrected chi connectivity index (χ3v) is 3.52. The van der Waals surface area contributed by atoms with Gasteiger partial charge < -0.3 is 15.5 Å². The van der Waals surface area contributed by atoms with Crippen LogP contribution in [0, 0.1) is 6.92 Å². The Morgan fingerprint density at radius 3 is 3.15 bits per heavy atom. The molecule has 0 saturated carbocycles. The zero-order valence-corrected chi connectivity index (χ0v) is 11.6. The summed E-state index contributed by atoms with van der Waals surface area (Å²) >= 11 is 0. The van der Waals surface area contributed by atoms with Crippen LogP contribution in [0.3, 0.4) is 0 Å². The van der Waals surface area contributed by atoms with E-state index >= 15 is 0 Å². The lowest BCUT2D eigenvalue weighted by Gasteiger charge is -2.33. The number of piperazine rings is 1. The normalized spacial score (nSPS) is 19.3. The van der Waals surface area contributed by atoms with Gasteiger partial charge in [-0.3, -0.25) is 4.79 Å². The summed E-state index contributed by atoms with van der Waals surface area (Å²) in [6.45, 7) is 4.16. The lowest BCUT2D eigenvalue weighted by Crippen LogP contribution is -2.58. The maximum atomic E-state index is 12.0. The van der Waals surface area contributed by atoms with E-state index in [0.717, 1.165) is 17.8 Å². The standard InChI is InChI=1S/C13H18N6O/c1-9-3-4-11-16-13(17-19(11)8-9)18-6-5-15-7-10(18)12(20)14-2/h3-4,8,10,15H,5-7H2,1-2H3,(H,14,20). The van der Waals surface area contributed by atoms with Crippen molar-refractivity contribution in [3.63, 3.8) is 0 Å². The number of rotatable bonds is 2. The molecule has 20 heavy (non-hydrogen) atoms. The van der Waals surface area contributed by atoms with Crippen molar-refractivity contribution in [3.8, 4) is 0 Å². The first kappa shape index (κ1) is 12.9. The molecule has 1 aliphatic rings. The number of hydrogen-bond acceptors (Lipinski definition) is 5. The van der Waals surface area contributed by atoms with E-state index in [9.17, 15) is 4.79 Å². The molecule has 0 bridgehead atoms. The van der Waals surface area contributed by atoms with E-state index in [1.165, 1.54) is 0 Å².